The van der Waals surface area contributed by atoms with Crippen molar-refractivity contribution >= 4 is 34.2 Å². The first-order chi connectivity index (χ1) is 13.1. The zero-order chi connectivity index (χ0) is 19.2. The Kier molecular flexibility index (Phi) is 5.58. The van der Waals surface area contributed by atoms with Gasteiger partial charge in [-0.15, -0.1) is 0 Å². The van der Waals surface area contributed by atoms with Gasteiger partial charge in [0.2, 0.25) is 0 Å². The molecule has 0 unspecified atom stereocenters. The van der Waals surface area contributed by atoms with Crippen LogP contribution in [0, 0.1) is 0 Å². The van der Waals surface area contributed by atoms with Crippen molar-refractivity contribution in [3.63, 3.8) is 0 Å². The normalized spacial score (nSPS) is 10.1. The van der Waals surface area contributed by atoms with E-state index in [1.807, 2.05) is 47.3 Å². The van der Waals surface area contributed by atoms with Crippen LogP contribution in [0.5, 0.6) is 5.75 Å². The molecule has 7 heteroatoms. The number of halogens is 1. The molecule has 136 valence electrons. The number of hydrogen-bond acceptors (Lipinski definition) is 4. The molecule has 0 atom stereocenters. The highest BCUT2D eigenvalue weighted by Crippen LogP contribution is 2.25. The van der Waals surface area contributed by atoms with Gasteiger partial charge in [0.25, 0.3) is 0 Å². The number of anilines is 1. The van der Waals surface area contributed by atoms with Crippen LogP contribution in [0.25, 0.3) is 10.9 Å². The quantitative estimate of drug-likeness (QED) is 0.480. The third kappa shape index (κ3) is 4.37. The van der Waals surface area contributed by atoms with Crippen molar-refractivity contribution in [3.05, 3.63) is 89.8 Å². The van der Waals surface area contributed by atoms with Crippen molar-refractivity contribution < 1.29 is 15.0 Å². The number of aromatic hydroxyl groups is 1. The number of carbonyl (C=O) groups is 1. The van der Waals surface area contributed by atoms with Crippen molar-refractivity contribution in [1.82, 2.24) is 9.66 Å². The number of carboxylic acid groups (broad SMARTS) is 1. The van der Waals surface area contributed by atoms with Crippen LogP contribution in [0.4, 0.5) is 5.69 Å². The topological polar surface area (TPSA) is 87.4 Å². The van der Waals surface area contributed by atoms with E-state index in [0.29, 0.717) is 0 Å². The number of nitrogens with zero attached hydrogens (tertiary/aromatic N) is 2. The zero-order valence-corrected chi connectivity index (χ0v) is 14.8. The SMILES string of the molecule is Clc1cn(Nc2ccncc2)c2ccccc12.O=C(O)c1ccccc1O. The fourth-order valence-electron chi connectivity index (χ4n) is 2.45. The Balaban J connectivity index is 0.000000180. The molecule has 0 aliphatic carbocycles. The van der Waals surface area contributed by atoms with Gasteiger partial charge in [-0.25, -0.2) is 4.79 Å². The standard InChI is InChI=1S/C13H10ClN3.C7H6O3/c14-12-9-17(13-4-2-1-3-11(12)13)16-10-5-7-15-8-6-10;8-6-4-2-1-3-5(6)7(9)10/h1-9H,(H,15,16);1-4,8H,(H,9,10). The smallest absolute Gasteiger partial charge is 0.339 e. The van der Waals surface area contributed by atoms with Crippen molar-refractivity contribution in [3.8, 4) is 5.75 Å². The molecule has 0 aliphatic rings. The molecule has 0 fully saturated rings. The number of aromatic nitrogens is 2. The number of fused-ring (bicyclic) bond motifs is 1. The van der Waals surface area contributed by atoms with Gasteiger partial charge in [-0.3, -0.25) is 15.1 Å². The minimum Gasteiger partial charge on any atom is -0.507 e. The summed E-state index contributed by atoms with van der Waals surface area (Å²) in [5, 5.41) is 19.1. The molecule has 27 heavy (non-hydrogen) atoms. The lowest BCUT2D eigenvalue weighted by Gasteiger charge is -2.08. The van der Waals surface area contributed by atoms with Crippen LogP contribution in [0.3, 0.4) is 0 Å². The zero-order valence-electron chi connectivity index (χ0n) is 14.1. The Morgan fingerprint density at radius 2 is 1.67 bits per heavy atom. The number of pyridine rings is 1. The second-order valence-corrected chi connectivity index (χ2v) is 5.94. The second kappa shape index (κ2) is 8.25. The summed E-state index contributed by atoms with van der Waals surface area (Å²) in [5.74, 6) is -1.31. The Morgan fingerprint density at radius 3 is 2.33 bits per heavy atom. The highest BCUT2D eigenvalue weighted by Gasteiger charge is 2.06. The largest absolute Gasteiger partial charge is 0.507 e. The van der Waals surface area contributed by atoms with Crippen LogP contribution in [0.1, 0.15) is 10.4 Å². The first kappa shape index (κ1) is 18.3. The number of aromatic carboxylic acids is 1. The summed E-state index contributed by atoms with van der Waals surface area (Å²) in [4.78, 5) is 14.2. The first-order valence-corrected chi connectivity index (χ1v) is 8.38. The predicted molar refractivity (Wildman–Crippen MR) is 105 cm³/mol. The predicted octanol–water partition coefficient (Wildman–Crippen LogP) is 4.66. The number of phenols is 1. The van der Waals surface area contributed by atoms with Gasteiger partial charge in [-0.05, 0) is 30.3 Å². The molecular formula is C20H16ClN3O3. The summed E-state index contributed by atoms with van der Waals surface area (Å²) in [5.41, 5.74) is 5.21. The fourth-order valence-corrected chi connectivity index (χ4v) is 2.71. The molecule has 4 rings (SSSR count). The highest BCUT2D eigenvalue weighted by atomic mass is 35.5. The minimum absolute atomic E-state index is 0.0671. The maximum absolute atomic E-state index is 10.3. The molecule has 0 saturated heterocycles. The van der Waals surface area contributed by atoms with E-state index in [1.165, 1.54) is 12.1 Å². The number of rotatable bonds is 3. The van der Waals surface area contributed by atoms with Gasteiger partial charge >= 0.3 is 5.97 Å². The lowest BCUT2D eigenvalue weighted by Crippen LogP contribution is -2.06. The Morgan fingerprint density at radius 1 is 1.00 bits per heavy atom. The van der Waals surface area contributed by atoms with E-state index in [-0.39, 0.29) is 11.3 Å². The Labute approximate surface area is 160 Å². The third-order valence-corrected chi connectivity index (χ3v) is 4.03. The van der Waals surface area contributed by atoms with E-state index in [9.17, 15) is 4.79 Å². The van der Waals surface area contributed by atoms with E-state index in [2.05, 4.69) is 10.4 Å². The van der Waals surface area contributed by atoms with E-state index in [0.717, 1.165) is 21.6 Å². The monoisotopic (exact) mass is 381 g/mol. The molecule has 2 heterocycles. The molecule has 2 aromatic carbocycles. The van der Waals surface area contributed by atoms with Gasteiger partial charge < -0.3 is 10.2 Å². The third-order valence-electron chi connectivity index (χ3n) is 3.73. The lowest BCUT2D eigenvalue weighted by atomic mass is 10.2. The van der Waals surface area contributed by atoms with Crippen molar-refractivity contribution in [2.75, 3.05) is 5.43 Å². The molecule has 3 N–H and O–H groups in total. The van der Waals surface area contributed by atoms with Crippen LogP contribution in [-0.4, -0.2) is 25.8 Å². The Hall–Kier alpha value is -3.51. The summed E-state index contributed by atoms with van der Waals surface area (Å²) >= 11 is 6.17. The van der Waals surface area contributed by atoms with Gasteiger partial charge in [0.05, 0.1) is 16.2 Å². The number of para-hydroxylation sites is 2. The van der Waals surface area contributed by atoms with E-state index in [4.69, 9.17) is 21.8 Å². The summed E-state index contributed by atoms with van der Waals surface area (Å²) in [6, 6.07) is 17.6. The van der Waals surface area contributed by atoms with Crippen LogP contribution in [-0.2, 0) is 0 Å². The molecule has 0 saturated carbocycles. The van der Waals surface area contributed by atoms with Gasteiger partial charge in [0, 0.05) is 24.0 Å². The van der Waals surface area contributed by atoms with Gasteiger partial charge in [0.15, 0.2) is 0 Å². The van der Waals surface area contributed by atoms with Crippen molar-refractivity contribution in [1.29, 1.82) is 0 Å². The van der Waals surface area contributed by atoms with Gasteiger partial charge in [-0.1, -0.05) is 41.9 Å². The fraction of sp³-hybridized carbons (Fsp3) is 0. The van der Waals surface area contributed by atoms with Crippen LogP contribution < -0.4 is 5.43 Å². The molecular weight excluding hydrogens is 366 g/mol. The first-order valence-electron chi connectivity index (χ1n) is 8.00. The highest BCUT2D eigenvalue weighted by molar-refractivity contribution is 6.35. The number of benzene rings is 2. The minimum atomic E-state index is -1.11. The molecule has 0 spiro atoms. The summed E-state index contributed by atoms with van der Waals surface area (Å²) in [6.45, 7) is 0. The molecule has 0 bridgehead atoms. The maximum atomic E-state index is 10.3. The van der Waals surface area contributed by atoms with E-state index in [1.54, 1.807) is 24.5 Å². The summed E-state index contributed by atoms with van der Waals surface area (Å²) in [6.07, 6.45) is 5.36. The molecule has 0 aliphatic heterocycles. The van der Waals surface area contributed by atoms with E-state index < -0.39 is 5.97 Å². The average molecular weight is 382 g/mol. The lowest BCUT2D eigenvalue weighted by molar-refractivity contribution is 0.0693. The van der Waals surface area contributed by atoms with Gasteiger partial charge in [-0.2, -0.15) is 0 Å². The Bertz CT molecular complexity index is 1060. The molecule has 4 aromatic rings. The molecule has 0 amide bonds. The number of carboxylic acids is 1. The molecule has 6 nitrogen and oxygen atoms in total. The van der Waals surface area contributed by atoms with Crippen LogP contribution >= 0.6 is 11.6 Å². The van der Waals surface area contributed by atoms with Crippen LogP contribution in [0.2, 0.25) is 5.02 Å². The molecule has 2 aromatic heterocycles. The van der Waals surface area contributed by atoms with Crippen molar-refractivity contribution in [2.24, 2.45) is 0 Å². The van der Waals surface area contributed by atoms with E-state index >= 15 is 0 Å². The molecule has 0 radical (unpaired) electrons. The van der Waals surface area contributed by atoms with Crippen LogP contribution in [0.15, 0.2) is 79.3 Å². The number of hydrogen-bond donors (Lipinski definition) is 3. The average Bonchev–Trinajstić information content (AvgIpc) is 2.99. The summed E-state index contributed by atoms with van der Waals surface area (Å²) in [7, 11) is 0. The number of nitrogens with one attached hydrogen (secondary N) is 1. The second-order valence-electron chi connectivity index (χ2n) is 5.53. The van der Waals surface area contributed by atoms with Crippen molar-refractivity contribution in [2.45, 2.75) is 0 Å². The maximum Gasteiger partial charge on any atom is 0.339 e. The van der Waals surface area contributed by atoms with Gasteiger partial charge in [0.1, 0.15) is 11.3 Å². The summed E-state index contributed by atoms with van der Waals surface area (Å²) < 4.78 is 1.91.